The molecule has 2 aliphatic rings. The summed E-state index contributed by atoms with van der Waals surface area (Å²) in [7, 11) is 1.90. The minimum Gasteiger partial charge on any atom is -0.381 e. The number of aromatic nitrogens is 2. The first-order valence-electron chi connectivity index (χ1n) is 8.22. The quantitative estimate of drug-likeness (QED) is 0.837. The summed E-state index contributed by atoms with van der Waals surface area (Å²) in [6.07, 6.45) is 3.68. The van der Waals surface area contributed by atoms with Gasteiger partial charge in [-0.1, -0.05) is 29.3 Å². The average molecular weight is 380 g/mol. The molecule has 0 atom stereocenters. The fourth-order valence-corrected chi connectivity index (χ4v) is 3.62. The third-order valence-electron chi connectivity index (χ3n) is 4.64. The molecule has 8 heteroatoms. The van der Waals surface area contributed by atoms with Crippen molar-refractivity contribution in [1.29, 1.82) is 0 Å². The number of halogens is 2. The molecule has 0 bridgehead atoms. The van der Waals surface area contributed by atoms with E-state index in [1.807, 2.05) is 31.4 Å². The lowest BCUT2D eigenvalue weighted by Gasteiger charge is -2.41. The minimum absolute atomic E-state index is 0.246. The van der Waals surface area contributed by atoms with Gasteiger partial charge in [-0.25, -0.2) is 4.99 Å². The predicted molar refractivity (Wildman–Crippen MR) is 100 cm³/mol. The molecular formula is C17H19Cl2N5O. The highest BCUT2D eigenvalue weighted by Crippen LogP contribution is 2.36. The zero-order valence-corrected chi connectivity index (χ0v) is 15.4. The Kier molecular flexibility index (Phi) is 4.35. The topological polar surface area (TPSA) is 63.5 Å². The zero-order valence-electron chi connectivity index (χ0n) is 13.9. The first-order chi connectivity index (χ1) is 12.1. The fourth-order valence-electron chi connectivity index (χ4n) is 3.30. The summed E-state index contributed by atoms with van der Waals surface area (Å²) in [4.78, 5) is 4.79. The van der Waals surface area contributed by atoms with E-state index in [2.05, 4.69) is 15.7 Å². The second kappa shape index (κ2) is 6.52. The third kappa shape index (κ3) is 3.21. The van der Waals surface area contributed by atoms with Gasteiger partial charge in [-0.2, -0.15) is 5.10 Å². The van der Waals surface area contributed by atoms with Gasteiger partial charge in [0, 0.05) is 39.6 Å². The molecule has 4 rings (SSSR count). The Morgan fingerprint density at radius 3 is 2.84 bits per heavy atom. The molecule has 25 heavy (non-hydrogen) atoms. The first-order valence-corrected chi connectivity index (χ1v) is 8.98. The second-order valence-corrected chi connectivity index (χ2v) is 7.24. The molecule has 3 heterocycles. The van der Waals surface area contributed by atoms with Crippen molar-refractivity contribution in [2.24, 2.45) is 12.0 Å². The normalized spacial score (nSPS) is 18.4. The van der Waals surface area contributed by atoms with Crippen LogP contribution in [0.2, 0.25) is 10.0 Å². The van der Waals surface area contributed by atoms with E-state index in [9.17, 15) is 0 Å². The van der Waals surface area contributed by atoms with Gasteiger partial charge in [0.2, 0.25) is 0 Å². The molecule has 2 aromatic rings. The number of aryl methyl sites for hydroxylation is 1. The van der Waals surface area contributed by atoms with Crippen LogP contribution in [0.15, 0.2) is 29.4 Å². The van der Waals surface area contributed by atoms with Crippen molar-refractivity contribution in [2.75, 3.05) is 18.5 Å². The van der Waals surface area contributed by atoms with Crippen LogP contribution in [0, 0.1) is 0 Å². The Hall–Kier alpha value is -1.76. The molecule has 2 aliphatic heterocycles. The number of hydrogen-bond acceptors (Lipinski definition) is 5. The van der Waals surface area contributed by atoms with Gasteiger partial charge < -0.3 is 15.4 Å². The molecule has 0 amide bonds. The van der Waals surface area contributed by atoms with Gasteiger partial charge in [0.1, 0.15) is 11.5 Å². The molecule has 132 valence electrons. The molecule has 1 aromatic heterocycles. The summed E-state index contributed by atoms with van der Waals surface area (Å²) in [6, 6.07) is 5.64. The van der Waals surface area contributed by atoms with Crippen LogP contribution in [0.25, 0.3) is 0 Å². The SMILES string of the molecule is Cn1cc2c(n1)N=C(NCc1ccc(Cl)c(Cl)c1)C1(CCOCC1)N2. The lowest BCUT2D eigenvalue weighted by atomic mass is 9.87. The van der Waals surface area contributed by atoms with Crippen LogP contribution in [0.5, 0.6) is 0 Å². The van der Waals surface area contributed by atoms with Crippen molar-refractivity contribution in [3.63, 3.8) is 0 Å². The molecule has 0 aliphatic carbocycles. The van der Waals surface area contributed by atoms with E-state index >= 15 is 0 Å². The van der Waals surface area contributed by atoms with Gasteiger partial charge in [0.25, 0.3) is 0 Å². The van der Waals surface area contributed by atoms with Crippen LogP contribution in [-0.2, 0) is 18.3 Å². The number of rotatable bonds is 2. The number of benzene rings is 1. The van der Waals surface area contributed by atoms with Crippen molar-refractivity contribution in [3.05, 3.63) is 40.0 Å². The highest BCUT2D eigenvalue weighted by molar-refractivity contribution is 6.42. The van der Waals surface area contributed by atoms with Crippen molar-refractivity contribution < 1.29 is 4.74 Å². The van der Waals surface area contributed by atoms with Gasteiger partial charge in [-0.05, 0) is 17.7 Å². The minimum atomic E-state index is -0.246. The Balaban J connectivity index is 1.61. The number of ether oxygens (including phenoxy) is 1. The van der Waals surface area contributed by atoms with Gasteiger partial charge in [0.15, 0.2) is 5.82 Å². The van der Waals surface area contributed by atoms with Gasteiger partial charge in [-0.3, -0.25) is 4.68 Å². The summed E-state index contributed by atoms with van der Waals surface area (Å²) in [6.45, 7) is 2.02. The highest BCUT2D eigenvalue weighted by atomic mass is 35.5. The van der Waals surface area contributed by atoms with Crippen LogP contribution < -0.4 is 10.6 Å². The van der Waals surface area contributed by atoms with E-state index in [0.717, 1.165) is 29.9 Å². The molecule has 1 aromatic carbocycles. The third-order valence-corrected chi connectivity index (χ3v) is 5.38. The van der Waals surface area contributed by atoms with E-state index < -0.39 is 0 Å². The number of aliphatic imine (C=N–C) groups is 1. The maximum Gasteiger partial charge on any atom is 0.199 e. The lowest BCUT2D eigenvalue weighted by molar-refractivity contribution is 0.0771. The van der Waals surface area contributed by atoms with E-state index in [4.69, 9.17) is 32.9 Å². The molecule has 6 nitrogen and oxygen atoms in total. The van der Waals surface area contributed by atoms with Gasteiger partial charge in [0.05, 0.1) is 21.8 Å². The number of hydrogen-bond donors (Lipinski definition) is 2. The molecule has 1 fully saturated rings. The Labute approximate surface area is 156 Å². The lowest BCUT2D eigenvalue weighted by Crippen LogP contribution is -2.56. The summed E-state index contributed by atoms with van der Waals surface area (Å²) >= 11 is 12.1. The molecule has 2 N–H and O–H groups in total. The van der Waals surface area contributed by atoms with Crippen LogP contribution in [-0.4, -0.2) is 34.4 Å². The van der Waals surface area contributed by atoms with E-state index in [-0.39, 0.29) is 5.54 Å². The Bertz CT molecular complexity index is 826. The molecule has 1 spiro atoms. The number of nitrogens with one attached hydrogen (secondary N) is 2. The van der Waals surface area contributed by atoms with Crippen LogP contribution >= 0.6 is 23.2 Å². The van der Waals surface area contributed by atoms with Gasteiger partial charge in [-0.15, -0.1) is 0 Å². The number of amidine groups is 1. The summed E-state index contributed by atoms with van der Waals surface area (Å²) in [5, 5.41) is 12.6. The molecule has 0 saturated carbocycles. The van der Waals surface area contributed by atoms with Crippen molar-refractivity contribution in [3.8, 4) is 0 Å². The average Bonchev–Trinajstić information content (AvgIpc) is 2.95. The standard InChI is InChI=1S/C17H19Cl2N5O/c1-24-10-14-15(23-24)21-16(17(22-14)4-6-25-7-5-17)20-9-11-2-3-12(18)13(19)8-11/h2-3,8,10,22H,4-7,9H2,1H3,(H,20,21,23). The number of anilines is 1. The Morgan fingerprint density at radius 2 is 2.08 bits per heavy atom. The Morgan fingerprint density at radius 1 is 1.28 bits per heavy atom. The van der Waals surface area contributed by atoms with Crippen molar-refractivity contribution >= 4 is 40.5 Å². The predicted octanol–water partition coefficient (Wildman–Crippen LogP) is 3.52. The molecule has 0 unspecified atom stereocenters. The maximum absolute atomic E-state index is 6.12. The molecular weight excluding hydrogens is 361 g/mol. The van der Waals surface area contributed by atoms with Crippen LogP contribution in [0.1, 0.15) is 18.4 Å². The summed E-state index contributed by atoms with van der Waals surface area (Å²) in [5.74, 6) is 1.60. The van der Waals surface area contributed by atoms with Crippen molar-refractivity contribution in [1.82, 2.24) is 15.1 Å². The largest absolute Gasteiger partial charge is 0.381 e. The number of nitrogens with zero attached hydrogens (tertiary/aromatic N) is 3. The first kappa shape index (κ1) is 16.7. The van der Waals surface area contributed by atoms with Gasteiger partial charge >= 0.3 is 0 Å². The van der Waals surface area contributed by atoms with E-state index in [1.54, 1.807) is 4.68 Å². The zero-order chi connectivity index (χ0) is 17.4. The summed E-state index contributed by atoms with van der Waals surface area (Å²) in [5.41, 5.74) is 1.76. The molecule has 0 radical (unpaired) electrons. The van der Waals surface area contributed by atoms with Crippen molar-refractivity contribution in [2.45, 2.75) is 24.9 Å². The summed E-state index contributed by atoms with van der Waals surface area (Å²) < 4.78 is 7.33. The smallest absolute Gasteiger partial charge is 0.199 e. The highest BCUT2D eigenvalue weighted by Gasteiger charge is 2.41. The molecule has 1 saturated heterocycles. The monoisotopic (exact) mass is 379 g/mol. The maximum atomic E-state index is 6.12. The fraction of sp³-hybridized carbons (Fsp3) is 0.412. The number of fused-ring (bicyclic) bond motifs is 1. The second-order valence-electron chi connectivity index (χ2n) is 6.42. The van der Waals surface area contributed by atoms with E-state index in [0.29, 0.717) is 35.6 Å². The van der Waals surface area contributed by atoms with Crippen LogP contribution in [0.3, 0.4) is 0 Å². The van der Waals surface area contributed by atoms with Crippen LogP contribution in [0.4, 0.5) is 11.5 Å². The van der Waals surface area contributed by atoms with E-state index in [1.165, 1.54) is 0 Å².